The summed E-state index contributed by atoms with van der Waals surface area (Å²) < 4.78 is 0. The van der Waals surface area contributed by atoms with Crippen LogP contribution in [0.25, 0.3) is 0 Å². The Morgan fingerprint density at radius 2 is 2.17 bits per heavy atom. The number of carbonyl (C=O) groups is 1. The van der Waals surface area contributed by atoms with Gasteiger partial charge in [-0.25, -0.2) is 0 Å². The fraction of sp³-hybridized carbons (Fsp3) is 0.500. The van der Waals surface area contributed by atoms with E-state index in [9.17, 15) is 4.79 Å². The van der Waals surface area contributed by atoms with Crippen molar-refractivity contribution in [3.05, 3.63) is 0 Å². The second-order valence-electron chi connectivity index (χ2n) is 0.552. The molecule has 0 spiro atoms. The van der Waals surface area contributed by atoms with Crippen molar-refractivity contribution < 1.29 is 12.8 Å². The summed E-state index contributed by atoms with van der Waals surface area (Å²) in [6, 6.07) is 0. The Morgan fingerprint density at radius 3 is 2.17 bits per heavy atom. The van der Waals surface area contributed by atoms with Gasteiger partial charge in [-0.05, 0) is 0 Å². The fourth-order valence-corrected chi connectivity index (χ4v) is 0. The van der Waals surface area contributed by atoms with Gasteiger partial charge >= 0.3 is 51.5 Å². The monoisotopic (exact) mass is 182 g/mol. The van der Waals surface area contributed by atoms with E-state index in [2.05, 4.69) is 12.6 Å². The van der Waals surface area contributed by atoms with Crippen molar-refractivity contribution in [2.45, 2.75) is 0 Å². The quantitative estimate of drug-likeness (QED) is 0.436. The molecule has 0 atom stereocenters. The molecule has 1 N–H and O–H groups in total. The molecule has 2 nitrogen and oxygen atoms in total. The molecule has 0 fully saturated rings. The van der Waals surface area contributed by atoms with Crippen molar-refractivity contribution in [3.63, 3.8) is 0 Å². The average Bonchev–Trinajstić information content (AvgIpc) is 1.38. The third kappa shape index (κ3) is 9.00. The Bertz CT molecular complexity index is 53.3. The van der Waals surface area contributed by atoms with Crippen LogP contribution in [0.2, 0.25) is 0 Å². The van der Waals surface area contributed by atoms with Gasteiger partial charge < -0.3 is 7.96 Å². The number of thiol groups is 1. The predicted molar refractivity (Wildman–Crippen MR) is 29.5 cm³/mol. The third-order valence-electron chi connectivity index (χ3n) is 0.135. The molecule has 0 radical (unpaired) electrons. The van der Waals surface area contributed by atoms with E-state index in [0.717, 1.165) is 0 Å². The second-order valence-corrected chi connectivity index (χ2v) is 0.868. The Balaban J connectivity index is -0.0000000267. The molecular formula is C2H6O2SSr. The van der Waals surface area contributed by atoms with Gasteiger partial charge in [-0.15, -0.1) is 0 Å². The molecule has 0 heterocycles. The molecule has 0 unspecified atom stereocenters. The normalized spacial score (nSPS) is 6.17. The van der Waals surface area contributed by atoms with E-state index in [4.69, 9.17) is 5.11 Å². The standard InChI is InChI=1S/C2H4O2S.Sr.2H/c3-2(4)1-5;;;/h5H,1H2,(H,3,4);;;/q;+2;2*-1. The molecule has 6 heavy (non-hydrogen) atoms. The molecule has 34 valence electrons. The average molecular weight is 182 g/mol. The summed E-state index contributed by atoms with van der Waals surface area (Å²) in [7, 11) is 0. The molecule has 0 bridgehead atoms. The summed E-state index contributed by atoms with van der Waals surface area (Å²) in [4.78, 5) is 9.29. The minimum absolute atomic E-state index is 0. The summed E-state index contributed by atoms with van der Waals surface area (Å²) in [5.74, 6) is -0.965. The molecule has 0 amide bonds. The summed E-state index contributed by atoms with van der Waals surface area (Å²) >= 11 is 3.42. The van der Waals surface area contributed by atoms with Gasteiger partial charge in [0, 0.05) is 0 Å². The van der Waals surface area contributed by atoms with Gasteiger partial charge in [0.05, 0.1) is 5.75 Å². The van der Waals surface area contributed by atoms with Crippen LogP contribution in [-0.2, 0) is 4.79 Å². The largest absolute Gasteiger partial charge is 2.00 e. The maximum Gasteiger partial charge on any atom is 2.00 e. The Hall–Kier alpha value is 1.30. The van der Waals surface area contributed by atoms with Crippen molar-refractivity contribution in [2.24, 2.45) is 0 Å². The second kappa shape index (κ2) is 6.30. The van der Waals surface area contributed by atoms with Crippen molar-refractivity contribution >= 4 is 64.1 Å². The topological polar surface area (TPSA) is 37.3 Å². The van der Waals surface area contributed by atoms with E-state index in [1.54, 1.807) is 0 Å². The smallest absolute Gasteiger partial charge is 1.00 e. The Labute approximate surface area is 81.6 Å². The number of carboxylic acids is 1. The van der Waals surface area contributed by atoms with Gasteiger partial charge in [0.2, 0.25) is 0 Å². The molecule has 0 aliphatic heterocycles. The zero-order valence-corrected chi connectivity index (χ0v) is 7.59. The molecule has 0 rings (SSSR count). The maximum absolute atomic E-state index is 9.29. The molecule has 4 heteroatoms. The molecule has 0 aromatic rings. The van der Waals surface area contributed by atoms with E-state index in [0.29, 0.717) is 0 Å². The van der Waals surface area contributed by atoms with Gasteiger partial charge in [0.15, 0.2) is 0 Å². The summed E-state index contributed by atoms with van der Waals surface area (Å²) in [6.45, 7) is 0. The third-order valence-corrected chi connectivity index (χ3v) is 0.406. The minimum Gasteiger partial charge on any atom is -1.00 e. The van der Waals surface area contributed by atoms with Gasteiger partial charge in [0.25, 0.3) is 0 Å². The van der Waals surface area contributed by atoms with Crippen LogP contribution in [0, 0.1) is 0 Å². The Kier molecular flexibility index (Phi) is 10.8. The van der Waals surface area contributed by atoms with Crippen molar-refractivity contribution in [2.75, 3.05) is 5.75 Å². The van der Waals surface area contributed by atoms with E-state index in [-0.39, 0.29) is 54.1 Å². The van der Waals surface area contributed by atoms with E-state index in [1.165, 1.54) is 0 Å². The molecule has 0 aromatic heterocycles. The van der Waals surface area contributed by atoms with Crippen LogP contribution in [0.15, 0.2) is 0 Å². The SMILES string of the molecule is O=C(O)CS.[H-].[H-].[Sr+2]. The maximum atomic E-state index is 9.29. The number of aliphatic carboxylic acids is 1. The van der Waals surface area contributed by atoms with E-state index < -0.39 is 5.97 Å². The van der Waals surface area contributed by atoms with E-state index in [1.807, 2.05) is 0 Å². The molecule has 0 saturated carbocycles. The first kappa shape index (κ1) is 10.3. The number of hydrogen-bond acceptors (Lipinski definition) is 2. The summed E-state index contributed by atoms with van der Waals surface area (Å²) in [6.07, 6.45) is 0. The van der Waals surface area contributed by atoms with Crippen molar-refractivity contribution in [3.8, 4) is 0 Å². The molecular weight excluding hydrogens is 176 g/mol. The first-order chi connectivity index (χ1) is 2.27. The first-order valence-electron chi connectivity index (χ1n) is 1.10. The number of hydrogen-bond donors (Lipinski definition) is 2. The molecule has 0 aliphatic carbocycles. The molecule has 0 aromatic carbocycles. The van der Waals surface area contributed by atoms with Crippen LogP contribution in [-0.4, -0.2) is 62.3 Å². The van der Waals surface area contributed by atoms with Gasteiger partial charge in [-0.3, -0.25) is 4.79 Å². The van der Waals surface area contributed by atoms with Crippen LogP contribution in [0.5, 0.6) is 0 Å². The zero-order chi connectivity index (χ0) is 4.28. The van der Waals surface area contributed by atoms with E-state index >= 15 is 0 Å². The number of carboxylic acid groups (broad SMARTS) is 1. The molecule has 0 aliphatic rings. The van der Waals surface area contributed by atoms with Crippen LogP contribution in [0.4, 0.5) is 0 Å². The summed E-state index contributed by atoms with van der Waals surface area (Å²) in [5.41, 5.74) is 0. The van der Waals surface area contributed by atoms with Crippen LogP contribution in [0.1, 0.15) is 2.85 Å². The summed E-state index contributed by atoms with van der Waals surface area (Å²) in [5, 5.41) is 7.65. The first-order valence-corrected chi connectivity index (χ1v) is 1.73. The predicted octanol–water partition coefficient (Wildman–Crippen LogP) is -0.155. The number of rotatable bonds is 1. The van der Waals surface area contributed by atoms with Gasteiger partial charge in [0.1, 0.15) is 0 Å². The molecule has 0 saturated heterocycles. The Morgan fingerprint density at radius 1 is 2.00 bits per heavy atom. The van der Waals surface area contributed by atoms with Gasteiger partial charge in [-0.1, -0.05) is 0 Å². The van der Waals surface area contributed by atoms with Crippen molar-refractivity contribution in [1.29, 1.82) is 0 Å². The van der Waals surface area contributed by atoms with Crippen molar-refractivity contribution in [1.82, 2.24) is 0 Å². The fourth-order valence-electron chi connectivity index (χ4n) is 0. The minimum atomic E-state index is -0.881. The van der Waals surface area contributed by atoms with Crippen LogP contribution in [0.3, 0.4) is 0 Å². The van der Waals surface area contributed by atoms with Crippen LogP contribution >= 0.6 is 12.6 Å². The van der Waals surface area contributed by atoms with Crippen LogP contribution < -0.4 is 0 Å². The van der Waals surface area contributed by atoms with Gasteiger partial charge in [-0.2, -0.15) is 12.6 Å². The zero-order valence-electron chi connectivity index (χ0n) is 5.22.